The van der Waals surface area contributed by atoms with Gasteiger partial charge in [0.05, 0.1) is 12.8 Å². The van der Waals surface area contributed by atoms with Crippen molar-refractivity contribution < 1.29 is 9.13 Å². The fourth-order valence-electron chi connectivity index (χ4n) is 2.25. The van der Waals surface area contributed by atoms with Crippen molar-refractivity contribution in [1.29, 1.82) is 0 Å². The zero-order valence-corrected chi connectivity index (χ0v) is 14.3. The molecular weight excluding hydrogens is 335 g/mol. The number of aromatic nitrogens is 2. The van der Waals surface area contributed by atoms with E-state index in [4.69, 9.17) is 4.74 Å². The maximum atomic E-state index is 13.6. The highest BCUT2D eigenvalue weighted by Gasteiger charge is 2.07. The molecular formula is C16H15FN2O2S2. The van der Waals surface area contributed by atoms with Crippen LogP contribution in [0.15, 0.2) is 34.4 Å². The van der Waals surface area contributed by atoms with E-state index >= 15 is 0 Å². The molecule has 0 amide bonds. The number of thiazole rings is 1. The summed E-state index contributed by atoms with van der Waals surface area (Å²) in [5.74, 6) is 1.13. The number of hydrogen-bond acceptors (Lipinski definition) is 5. The lowest BCUT2D eigenvalue weighted by Crippen LogP contribution is -2.14. The van der Waals surface area contributed by atoms with Gasteiger partial charge in [0.1, 0.15) is 0 Å². The van der Waals surface area contributed by atoms with E-state index in [0.29, 0.717) is 16.5 Å². The first kappa shape index (κ1) is 16.0. The second-order valence-corrected chi connectivity index (χ2v) is 6.86. The largest absolute Gasteiger partial charge is 0.494 e. The molecule has 0 bridgehead atoms. The molecule has 1 aromatic carbocycles. The molecule has 120 valence electrons. The van der Waals surface area contributed by atoms with Crippen LogP contribution < -0.4 is 10.3 Å². The lowest BCUT2D eigenvalue weighted by molar-refractivity contribution is 0.386. The van der Waals surface area contributed by atoms with Gasteiger partial charge >= 0.3 is 0 Å². The van der Waals surface area contributed by atoms with E-state index in [2.05, 4.69) is 4.98 Å². The average Bonchev–Trinajstić information content (AvgIpc) is 2.89. The van der Waals surface area contributed by atoms with Gasteiger partial charge in [0, 0.05) is 28.6 Å². The summed E-state index contributed by atoms with van der Waals surface area (Å²) >= 11 is 3.05. The monoisotopic (exact) mass is 350 g/mol. The third-order valence-corrected chi connectivity index (χ3v) is 5.34. The van der Waals surface area contributed by atoms with Crippen molar-refractivity contribution in [2.24, 2.45) is 0 Å². The topological polar surface area (TPSA) is 43.6 Å². The van der Waals surface area contributed by atoms with Crippen LogP contribution in [0.3, 0.4) is 0 Å². The van der Waals surface area contributed by atoms with Crippen molar-refractivity contribution in [3.63, 3.8) is 0 Å². The Balaban J connectivity index is 1.69. The minimum absolute atomic E-state index is 0.0557. The summed E-state index contributed by atoms with van der Waals surface area (Å²) in [5, 5.41) is 1.92. The lowest BCUT2D eigenvalue weighted by Gasteiger charge is -2.05. The summed E-state index contributed by atoms with van der Waals surface area (Å²) in [4.78, 5) is 17.3. The zero-order chi connectivity index (χ0) is 16.4. The normalized spacial score (nSPS) is 11.1. The van der Waals surface area contributed by atoms with Gasteiger partial charge in [0.2, 0.25) is 0 Å². The number of rotatable bonds is 5. The van der Waals surface area contributed by atoms with Gasteiger partial charge in [0.25, 0.3) is 5.56 Å². The maximum absolute atomic E-state index is 13.6. The van der Waals surface area contributed by atoms with Crippen LogP contribution in [0.5, 0.6) is 5.75 Å². The smallest absolute Gasteiger partial charge is 0.258 e. The van der Waals surface area contributed by atoms with E-state index in [1.807, 2.05) is 18.4 Å². The Bertz CT molecular complexity index is 905. The summed E-state index contributed by atoms with van der Waals surface area (Å²) in [6.07, 6.45) is 0. The van der Waals surface area contributed by atoms with Gasteiger partial charge in [0.15, 0.2) is 16.5 Å². The van der Waals surface area contributed by atoms with Crippen molar-refractivity contribution in [2.75, 3.05) is 7.11 Å². The van der Waals surface area contributed by atoms with Crippen LogP contribution in [0.4, 0.5) is 4.39 Å². The number of fused-ring (bicyclic) bond motifs is 1. The quantitative estimate of drug-likeness (QED) is 0.705. The molecule has 0 aliphatic carbocycles. The van der Waals surface area contributed by atoms with E-state index in [-0.39, 0.29) is 17.1 Å². The van der Waals surface area contributed by atoms with Gasteiger partial charge in [-0.2, -0.15) is 11.8 Å². The van der Waals surface area contributed by atoms with Crippen molar-refractivity contribution in [1.82, 2.24) is 9.38 Å². The molecule has 0 atom stereocenters. The molecule has 4 nitrogen and oxygen atoms in total. The minimum atomic E-state index is -0.363. The Morgan fingerprint density at radius 2 is 2.17 bits per heavy atom. The Hall–Kier alpha value is -1.86. The SMILES string of the molecule is COc1ccc(CSCc2cc(=O)n3c(C)csc3n2)cc1F. The molecule has 0 saturated carbocycles. The summed E-state index contributed by atoms with van der Waals surface area (Å²) in [5.41, 5.74) is 2.46. The van der Waals surface area contributed by atoms with Crippen molar-refractivity contribution in [2.45, 2.75) is 18.4 Å². The number of nitrogens with zero attached hydrogens (tertiary/aromatic N) is 2. The summed E-state index contributed by atoms with van der Waals surface area (Å²) in [7, 11) is 1.44. The van der Waals surface area contributed by atoms with Crippen LogP contribution in [0, 0.1) is 12.7 Å². The lowest BCUT2D eigenvalue weighted by atomic mass is 10.2. The number of benzene rings is 1. The second kappa shape index (κ2) is 6.72. The number of thioether (sulfide) groups is 1. The van der Waals surface area contributed by atoms with Crippen molar-refractivity contribution >= 4 is 28.1 Å². The Kier molecular flexibility index (Phi) is 4.68. The van der Waals surface area contributed by atoms with Crippen molar-refractivity contribution in [3.8, 4) is 5.75 Å². The molecule has 0 spiro atoms. The van der Waals surface area contributed by atoms with Gasteiger partial charge < -0.3 is 4.74 Å². The van der Waals surface area contributed by atoms with Crippen LogP contribution >= 0.6 is 23.1 Å². The fourth-order valence-corrected chi connectivity index (χ4v) is 4.01. The Labute approximate surface area is 141 Å². The Morgan fingerprint density at radius 3 is 2.91 bits per heavy atom. The molecule has 0 fully saturated rings. The molecule has 3 rings (SSSR count). The molecule has 3 aromatic rings. The highest BCUT2D eigenvalue weighted by Crippen LogP contribution is 2.22. The van der Waals surface area contributed by atoms with Crippen LogP contribution in [-0.4, -0.2) is 16.5 Å². The van der Waals surface area contributed by atoms with Crippen molar-refractivity contribution in [3.05, 3.63) is 62.8 Å². The minimum Gasteiger partial charge on any atom is -0.494 e. The standard InChI is InChI=1S/C16H15FN2O2S2/c1-10-7-23-16-18-12(6-15(20)19(10)16)9-22-8-11-3-4-14(21-2)13(17)5-11/h3-7H,8-9H2,1-2H3. The van der Waals surface area contributed by atoms with Crippen LogP contribution in [0.2, 0.25) is 0 Å². The number of methoxy groups -OCH3 is 1. The predicted octanol–water partition coefficient (Wildman–Crippen LogP) is 3.65. The van der Waals surface area contributed by atoms with Gasteiger partial charge in [-0.25, -0.2) is 9.37 Å². The van der Waals surface area contributed by atoms with Gasteiger partial charge in [-0.1, -0.05) is 6.07 Å². The molecule has 2 heterocycles. The molecule has 0 aliphatic heterocycles. The molecule has 0 N–H and O–H groups in total. The van der Waals surface area contributed by atoms with Gasteiger partial charge in [-0.15, -0.1) is 11.3 Å². The Morgan fingerprint density at radius 1 is 1.35 bits per heavy atom. The molecule has 0 radical (unpaired) electrons. The number of hydrogen-bond donors (Lipinski definition) is 0. The van der Waals surface area contributed by atoms with E-state index in [1.54, 1.807) is 28.3 Å². The zero-order valence-electron chi connectivity index (χ0n) is 12.7. The molecule has 0 aliphatic rings. The van der Waals surface area contributed by atoms with Crippen LogP contribution in [0.25, 0.3) is 4.96 Å². The van der Waals surface area contributed by atoms with E-state index in [1.165, 1.54) is 24.5 Å². The number of halogens is 1. The third-order valence-electron chi connectivity index (χ3n) is 3.36. The number of aryl methyl sites for hydroxylation is 1. The number of ether oxygens (including phenoxy) is 1. The molecule has 23 heavy (non-hydrogen) atoms. The third kappa shape index (κ3) is 3.40. The first-order chi connectivity index (χ1) is 11.1. The van der Waals surface area contributed by atoms with Gasteiger partial charge in [-0.3, -0.25) is 9.20 Å². The second-order valence-electron chi connectivity index (χ2n) is 5.04. The molecule has 2 aromatic heterocycles. The van der Waals surface area contributed by atoms with Crippen LogP contribution in [-0.2, 0) is 11.5 Å². The first-order valence-electron chi connectivity index (χ1n) is 6.95. The summed E-state index contributed by atoms with van der Waals surface area (Å²) in [6.45, 7) is 1.89. The highest BCUT2D eigenvalue weighted by atomic mass is 32.2. The van der Waals surface area contributed by atoms with Crippen LogP contribution in [0.1, 0.15) is 17.0 Å². The summed E-state index contributed by atoms with van der Waals surface area (Å²) in [6, 6.07) is 6.49. The summed E-state index contributed by atoms with van der Waals surface area (Å²) < 4.78 is 20.2. The fraction of sp³-hybridized carbons (Fsp3) is 0.250. The first-order valence-corrected chi connectivity index (χ1v) is 8.99. The molecule has 0 unspecified atom stereocenters. The predicted molar refractivity (Wildman–Crippen MR) is 92.0 cm³/mol. The molecule has 0 saturated heterocycles. The van der Waals surface area contributed by atoms with E-state index in [0.717, 1.165) is 17.0 Å². The highest BCUT2D eigenvalue weighted by molar-refractivity contribution is 7.97. The van der Waals surface area contributed by atoms with Gasteiger partial charge in [-0.05, 0) is 24.6 Å². The molecule has 7 heteroatoms. The average molecular weight is 350 g/mol. The maximum Gasteiger partial charge on any atom is 0.258 e. The van der Waals surface area contributed by atoms with E-state index < -0.39 is 0 Å². The van der Waals surface area contributed by atoms with E-state index in [9.17, 15) is 9.18 Å².